The van der Waals surface area contributed by atoms with Crippen molar-refractivity contribution >= 4 is 15.7 Å². The molecule has 0 unspecified atom stereocenters. The van der Waals surface area contributed by atoms with E-state index in [1.54, 1.807) is 30.2 Å². The molecule has 2 aromatic rings. The zero-order valence-corrected chi connectivity index (χ0v) is 17.6. The number of ether oxygens (including phenoxy) is 3. The van der Waals surface area contributed by atoms with E-state index >= 15 is 0 Å². The van der Waals surface area contributed by atoms with Gasteiger partial charge in [-0.05, 0) is 36.2 Å². The monoisotopic (exact) mass is 419 g/mol. The van der Waals surface area contributed by atoms with Crippen molar-refractivity contribution in [2.75, 3.05) is 32.8 Å². The lowest BCUT2D eigenvalue weighted by molar-refractivity contribution is 0.0680. The van der Waals surface area contributed by atoms with Crippen LogP contribution in [0.5, 0.6) is 17.2 Å². The summed E-state index contributed by atoms with van der Waals surface area (Å²) in [4.78, 5) is 15.0. The lowest BCUT2D eigenvalue weighted by atomic mass is 10.1. The van der Waals surface area contributed by atoms with Crippen LogP contribution in [-0.2, 0) is 16.4 Å². The molecule has 29 heavy (non-hydrogen) atoms. The zero-order chi connectivity index (χ0) is 21.0. The number of nitrogens with zero attached hydrogens (tertiary/aromatic N) is 1. The minimum absolute atomic E-state index is 0.0317. The van der Waals surface area contributed by atoms with Gasteiger partial charge in [0.15, 0.2) is 9.84 Å². The van der Waals surface area contributed by atoms with Crippen molar-refractivity contribution in [3.63, 3.8) is 0 Å². The Morgan fingerprint density at radius 1 is 0.966 bits per heavy atom. The maximum absolute atomic E-state index is 13.4. The minimum atomic E-state index is -3.15. The molecule has 2 aromatic carbocycles. The van der Waals surface area contributed by atoms with E-state index in [0.717, 1.165) is 5.56 Å². The van der Waals surface area contributed by atoms with Crippen LogP contribution in [0.3, 0.4) is 0 Å². The third-order valence-electron chi connectivity index (χ3n) is 5.02. The Hall–Kier alpha value is -2.74. The molecule has 1 aliphatic heterocycles. The van der Waals surface area contributed by atoms with E-state index in [0.29, 0.717) is 35.8 Å². The largest absolute Gasteiger partial charge is 0.497 e. The van der Waals surface area contributed by atoms with Crippen LogP contribution in [0.15, 0.2) is 42.5 Å². The number of methoxy groups -OCH3 is 3. The molecule has 0 aromatic heterocycles. The molecule has 0 bridgehead atoms. The summed E-state index contributed by atoms with van der Waals surface area (Å²) in [5.41, 5.74) is 1.28. The van der Waals surface area contributed by atoms with Crippen LogP contribution in [0.4, 0.5) is 0 Å². The van der Waals surface area contributed by atoms with Crippen LogP contribution in [0.2, 0.25) is 0 Å². The van der Waals surface area contributed by atoms with Crippen LogP contribution < -0.4 is 14.2 Å². The Bertz CT molecular complexity index is 949. The molecule has 1 heterocycles. The van der Waals surface area contributed by atoms with Crippen LogP contribution >= 0.6 is 0 Å². The molecule has 0 aliphatic carbocycles. The Kier molecular flexibility index (Phi) is 6.32. The quantitative estimate of drug-likeness (QED) is 0.686. The molecule has 1 atom stereocenters. The van der Waals surface area contributed by atoms with Crippen molar-refractivity contribution in [2.24, 2.45) is 0 Å². The molecule has 1 fully saturated rings. The third kappa shape index (κ3) is 5.00. The van der Waals surface area contributed by atoms with Crippen LogP contribution in [0.25, 0.3) is 0 Å². The Balaban J connectivity index is 1.94. The third-order valence-corrected chi connectivity index (χ3v) is 6.77. The summed E-state index contributed by atoms with van der Waals surface area (Å²) in [6.07, 6.45) is 0.422. The second-order valence-corrected chi connectivity index (χ2v) is 9.17. The normalized spacial score (nSPS) is 17.6. The summed E-state index contributed by atoms with van der Waals surface area (Å²) in [7, 11) is 1.47. The number of benzene rings is 2. The van der Waals surface area contributed by atoms with Crippen molar-refractivity contribution in [3.8, 4) is 17.2 Å². The summed E-state index contributed by atoms with van der Waals surface area (Å²) in [5, 5.41) is 0. The van der Waals surface area contributed by atoms with Gasteiger partial charge in [0.1, 0.15) is 17.2 Å². The van der Waals surface area contributed by atoms with Gasteiger partial charge < -0.3 is 19.1 Å². The Labute approximate surface area is 171 Å². The molecule has 1 amide bonds. The second-order valence-electron chi connectivity index (χ2n) is 6.94. The SMILES string of the molecule is COc1ccc(CN(C(=O)c2cc(OC)cc(OC)c2)[C@@H]2CCS(=O)(=O)C2)cc1. The smallest absolute Gasteiger partial charge is 0.254 e. The fraction of sp³-hybridized carbons (Fsp3) is 0.381. The number of hydrogen-bond donors (Lipinski definition) is 0. The molecule has 3 rings (SSSR count). The first-order valence-corrected chi connectivity index (χ1v) is 11.0. The topological polar surface area (TPSA) is 82.1 Å². The predicted octanol–water partition coefficient (Wildman–Crippen LogP) is 2.54. The number of hydrogen-bond acceptors (Lipinski definition) is 6. The highest BCUT2D eigenvalue weighted by molar-refractivity contribution is 7.91. The van der Waals surface area contributed by atoms with Gasteiger partial charge in [-0.2, -0.15) is 0 Å². The molecule has 1 saturated heterocycles. The summed E-state index contributed by atoms with van der Waals surface area (Å²) >= 11 is 0. The van der Waals surface area contributed by atoms with Crippen molar-refractivity contribution < 1.29 is 27.4 Å². The van der Waals surface area contributed by atoms with E-state index in [9.17, 15) is 13.2 Å². The van der Waals surface area contributed by atoms with E-state index < -0.39 is 9.84 Å². The molecule has 0 radical (unpaired) electrons. The molecule has 7 nitrogen and oxygen atoms in total. The van der Waals surface area contributed by atoms with E-state index in [1.807, 2.05) is 24.3 Å². The van der Waals surface area contributed by atoms with Gasteiger partial charge >= 0.3 is 0 Å². The lowest BCUT2D eigenvalue weighted by Gasteiger charge is -2.29. The number of amides is 1. The second kappa shape index (κ2) is 8.73. The minimum Gasteiger partial charge on any atom is -0.497 e. The van der Waals surface area contributed by atoms with Gasteiger partial charge in [-0.1, -0.05) is 12.1 Å². The van der Waals surface area contributed by atoms with E-state index in [1.165, 1.54) is 14.2 Å². The molecule has 0 saturated carbocycles. The van der Waals surface area contributed by atoms with Gasteiger partial charge in [0.2, 0.25) is 0 Å². The number of sulfone groups is 1. The lowest BCUT2D eigenvalue weighted by Crippen LogP contribution is -2.40. The number of carbonyl (C=O) groups excluding carboxylic acids is 1. The first kappa shape index (κ1) is 21.0. The first-order chi connectivity index (χ1) is 13.8. The molecular formula is C21H25NO6S. The molecule has 8 heteroatoms. The predicted molar refractivity (Wildman–Crippen MR) is 109 cm³/mol. The van der Waals surface area contributed by atoms with E-state index in [-0.39, 0.29) is 23.5 Å². The average molecular weight is 419 g/mol. The van der Waals surface area contributed by atoms with E-state index in [2.05, 4.69) is 0 Å². The summed E-state index contributed by atoms with van der Waals surface area (Å²) in [5.74, 6) is 1.50. The molecule has 0 spiro atoms. The van der Waals surface area contributed by atoms with Crippen LogP contribution in [0.1, 0.15) is 22.3 Å². The first-order valence-electron chi connectivity index (χ1n) is 9.22. The molecule has 156 valence electrons. The summed E-state index contributed by atoms with van der Waals surface area (Å²) < 4.78 is 39.8. The highest BCUT2D eigenvalue weighted by atomic mass is 32.2. The van der Waals surface area contributed by atoms with Gasteiger partial charge in [0, 0.05) is 24.2 Å². The Morgan fingerprint density at radius 3 is 2.03 bits per heavy atom. The molecule has 0 N–H and O–H groups in total. The average Bonchev–Trinajstić information content (AvgIpc) is 3.10. The van der Waals surface area contributed by atoms with Crippen molar-refractivity contribution in [3.05, 3.63) is 53.6 Å². The Morgan fingerprint density at radius 2 is 1.55 bits per heavy atom. The fourth-order valence-corrected chi connectivity index (χ4v) is 5.14. The van der Waals surface area contributed by atoms with Gasteiger partial charge in [-0.25, -0.2) is 8.42 Å². The maximum Gasteiger partial charge on any atom is 0.254 e. The summed E-state index contributed by atoms with van der Waals surface area (Å²) in [6, 6.07) is 11.9. The van der Waals surface area contributed by atoms with Crippen molar-refractivity contribution in [2.45, 2.75) is 19.0 Å². The van der Waals surface area contributed by atoms with Crippen LogP contribution in [0, 0.1) is 0 Å². The van der Waals surface area contributed by atoms with Crippen molar-refractivity contribution in [1.29, 1.82) is 0 Å². The zero-order valence-electron chi connectivity index (χ0n) is 16.8. The standard InChI is InChI=1S/C21H25NO6S/c1-26-18-6-4-15(5-7-18)13-22(17-8-9-29(24,25)14-17)21(23)16-10-19(27-2)12-20(11-16)28-3/h4-7,10-12,17H,8-9,13-14H2,1-3H3/t17-/m1/s1. The van der Waals surface area contributed by atoms with Gasteiger partial charge in [0.05, 0.1) is 32.8 Å². The number of rotatable bonds is 7. The van der Waals surface area contributed by atoms with Gasteiger partial charge in [-0.3, -0.25) is 4.79 Å². The highest BCUT2D eigenvalue weighted by Crippen LogP contribution is 2.27. The van der Waals surface area contributed by atoms with Gasteiger partial charge in [0.25, 0.3) is 5.91 Å². The maximum atomic E-state index is 13.4. The highest BCUT2D eigenvalue weighted by Gasteiger charge is 2.35. The fourth-order valence-electron chi connectivity index (χ4n) is 3.41. The summed E-state index contributed by atoms with van der Waals surface area (Å²) in [6.45, 7) is 0.294. The van der Waals surface area contributed by atoms with Crippen molar-refractivity contribution in [1.82, 2.24) is 4.90 Å². The number of carbonyl (C=O) groups is 1. The van der Waals surface area contributed by atoms with E-state index in [4.69, 9.17) is 14.2 Å². The van der Waals surface area contributed by atoms with Gasteiger partial charge in [-0.15, -0.1) is 0 Å². The molecular weight excluding hydrogens is 394 g/mol. The molecule has 1 aliphatic rings. The van der Waals surface area contributed by atoms with Crippen LogP contribution in [-0.4, -0.2) is 58.1 Å².